The summed E-state index contributed by atoms with van der Waals surface area (Å²) < 4.78 is 5.28. The minimum atomic E-state index is 0.131. The molecule has 2 nitrogen and oxygen atoms in total. The molecule has 0 saturated carbocycles. The zero-order chi connectivity index (χ0) is 13.8. The highest BCUT2D eigenvalue weighted by molar-refractivity contribution is 6.31. The fourth-order valence-electron chi connectivity index (χ4n) is 2.19. The Morgan fingerprint density at radius 1 is 1.11 bits per heavy atom. The predicted molar refractivity (Wildman–Crippen MR) is 80.1 cm³/mol. The van der Waals surface area contributed by atoms with Crippen LogP contribution in [-0.2, 0) is 0 Å². The molecule has 0 amide bonds. The van der Waals surface area contributed by atoms with Crippen LogP contribution >= 0.6 is 11.6 Å². The van der Waals surface area contributed by atoms with Gasteiger partial charge in [0.15, 0.2) is 0 Å². The molecule has 0 saturated heterocycles. The van der Waals surface area contributed by atoms with Gasteiger partial charge in [-0.1, -0.05) is 35.9 Å². The van der Waals surface area contributed by atoms with Gasteiger partial charge in [0.1, 0.15) is 5.75 Å². The van der Waals surface area contributed by atoms with E-state index in [4.69, 9.17) is 16.3 Å². The van der Waals surface area contributed by atoms with Crippen molar-refractivity contribution < 1.29 is 4.74 Å². The smallest absolute Gasteiger partial charge is 0.119 e. The number of ether oxygens (including phenoxy) is 1. The highest BCUT2D eigenvalue weighted by atomic mass is 35.5. The van der Waals surface area contributed by atoms with Gasteiger partial charge < -0.3 is 10.1 Å². The second kappa shape index (κ2) is 6.09. The Hall–Kier alpha value is -1.51. The van der Waals surface area contributed by atoms with Crippen LogP contribution in [0.5, 0.6) is 5.75 Å². The van der Waals surface area contributed by atoms with Gasteiger partial charge in [0.05, 0.1) is 13.2 Å². The lowest BCUT2D eigenvalue weighted by Gasteiger charge is -2.18. The van der Waals surface area contributed by atoms with E-state index < -0.39 is 0 Å². The minimum absolute atomic E-state index is 0.131. The lowest BCUT2D eigenvalue weighted by molar-refractivity contribution is 0.414. The summed E-state index contributed by atoms with van der Waals surface area (Å²) in [4.78, 5) is 0. The van der Waals surface area contributed by atoms with Gasteiger partial charge in [-0.25, -0.2) is 0 Å². The summed E-state index contributed by atoms with van der Waals surface area (Å²) in [5.74, 6) is 0.864. The third-order valence-electron chi connectivity index (χ3n) is 3.23. The van der Waals surface area contributed by atoms with E-state index >= 15 is 0 Å². The maximum Gasteiger partial charge on any atom is 0.119 e. The van der Waals surface area contributed by atoms with Crippen LogP contribution in [0.15, 0.2) is 42.5 Å². The van der Waals surface area contributed by atoms with E-state index in [2.05, 4.69) is 23.5 Å². The van der Waals surface area contributed by atoms with Crippen LogP contribution < -0.4 is 10.1 Å². The molecule has 2 rings (SSSR count). The van der Waals surface area contributed by atoms with Gasteiger partial charge in [-0.05, 0) is 48.9 Å². The van der Waals surface area contributed by atoms with Gasteiger partial charge in [0.25, 0.3) is 0 Å². The molecule has 0 radical (unpaired) electrons. The summed E-state index contributed by atoms with van der Waals surface area (Å²) in [5, 5.41) is 4.13. The molecule has 0 fully saturated rings. The van der Waals surface area contributed by atoms with Crippen molar-refractivity contribution in [2.75, 3.05) is 14.2 Å². The first kappa shape index (κ1) is 13.9. The molecular weight excluding hydrogens is 258 g/mol. The van der Waals surface area contributed by atoms with Gasteiger partial charge in [0.2, 0.25) is 0 Å². The maximum atomic E-state index is 6.08. The fourth-order valence-corrected chi connectivity index (χ4v) is 2.31. The zero-order valence-corrected chi connectivity index (χ0v) is 12.2. The summed E-state index contributed by atoms with van der Waals surface area (Å²) in [6.07, 6.45) is 0. The van der Waals surface area contributed by atoms with Crippen LogP contribution in [0.25, 0.3) is 0 Å². The Bertz CT molecular complexity index is 568. The van der Waals surface area contributed by atoms with Crippen LogP contribution in [0.4, 0.5) is 0 Å². The summed E-state index contributed by atoms with van der Waals surface area (Å²) >= 11 is 6.08. The molecule has 0 spiro atoms. The average Bonchev–Trinajstić information content (AvgIpc) is 2.44. The second-order valence-corrected chi connectivity index (χ2v) is 4.91. The molecule has 1 atom stereocenters. The van der Waals surface area contributed by atoms with Crippen LogP contribution in [0, 0.1) is 6.92 Å². The van der Waals surface area contributed by atoms with Crippen LogP contribution in [0.2, 0.25) is 5.02 Å². The number of rotatable bonds is 4. The molecule has 1 unspecified atom stereocenters. The lowest BCUT2D eigenvalue weighted by atomic mass is 9.97. The first-order valence-corrected chi connectivity index (χ1v) is 6.60. The maximum absolute atomic E-state index is 6.08. The molecule has 3 heteroatoms. The molecule has 2 aromatic carbocycles. The molecule has 0 aliphatic carbocycles. The number of hydrogen-bond acceptors (Lipinski definition) is 2. The van der Waals surface area contributed by atoms with E-state index in [1.807, 2.05) is 38.2 Å². The molecule has 19 heavy (non-hydrogen) atoms. The van der Waals surface area contributed by atoms with Crippen molar-refractivity contribution in [3.63, 3.8) is 0 Å². The zero-order valence-electron chi connectivity index (χ0n) is 11.4. The standard InChI is InChI=1S/C16H18ClNO/c1-11-9-13(7-8-15(11)17)16(18-2)12-5-4-6-14(10-12)19-3/h4-10,16,18H,1-3H3. The SMILES string of the molecule is CNC(c1cccc(OC)c1)c1ccc(Cl)c(C)c1. The Labute approximate surface area is 119 Å². The summed E-state index contributed by atoms with van der Waals surface area (Å²) in [6.45, 7) is 2.02. The number of methoxy groups -OCH3 is 1. The third-order valence-corrected chi connectivity index (χ3v) is 3.66. The third kappa shape index (κ3) is 3.09. The monoisotopic (exact) mass is 275 g/mol. The summed E-state index contributed by atoms with van der Waals surface area (Å²) in [6, 6.07) is 14.3. The Balaban J connectivity index is 2.40. The topological polar surface area (TPSA) is 21.3 Å². The first-order chi connectivity index (χ1) is 9.15. The number of benzene rings is 2. The number of hydrogen-bond donors (Lipinski definition) is 1. The Morgan fingerprint density at radius 2 is 1.84 bits per heavy atom. The summed E-state index contributed by atoms with van der Waals surface area (Å²) in [5.41, 5.74) is 3.45. The quantitative estimate of drug-likeness (QED) is 0.912. The van der Waals surface area contributed by atoms with Crippen molar-refractivity contribution in [3.05, 3.63) is 64.2 Å². The molecule has 0 heterocycles. The van der Waals surface area contributed by atoms with E-state index in [1.165, 1.54) is 11.1 Å². The van der Waals surface area contributed by atoms with Gasteiger partial charge in [-0.2, -0.15) is 0 Å². The first-order valence-electron chi connectivity index (χ1n) is 6.23. The minimum Gasteiger partial charge on any atom is -0.497 e. The van der Waals surface area contributed by atoms with Gasteiger partial charge >= 0.3 is 0 Å². The Kier molecular flexibility index (Phi) is 4.46. The number of halogens is 1. The molecular formula is C16H18ClNO. The van der Waals surface area contributed by atoms with Gasteiger partial charge in [0, 0.05) is 5.02 Å². The van der Waals surface area contributed by atoms with Crippen LogP contribution in [0.3, 0.4) is 0 Å². The molecule has 0 aromatic heterocycles. The average molecular weight is 276 g/mol. The van der Waals surface area contributed by atoms with E-state index in [-0.39, 0.29) is 6.04 Å². The summed E-state index contributed by atoms with van der Waals surface area (Å²) in [7, 11) is 3.63. The molecule has 0 bridgehead atoms. The number of aryl methyl sites for hydroxylation is 1. The largest absolute Gasteiger partial charge is 0.497 e. The second-order valence-electron chi connectivity index (χ2n) is 4.51. The van der Waals surface area contributed by atoms with Crippen molar-refractivity contribution >= 4 is 11.6 Å². The van der Waals surface area contributed by atoms with Gasteiger partial charge in [-0.15, -0.1) is 0 Å². The van der Waals surface area contributed by atoms with Crippen molar-refractivity contribution in [1.29, 1.82) is 0 Å². The molecule has 0 aliphatic rings. The van der Waals surface area contributed by atoms with Crippen molar-refractivity contribution in [2.45, 2.75) is 13.0 Å². The van der Waals surface area contributed by atoms with Gasteiger partial charge in [-0.3, -0.25) is 0 Å². The predicted octanol–water partition coefficient (Wildman–Crippen LogP) is 3.97. The van der Waals surface area contributed by atoms with E-state index in [1.54, 1.807) is 7.11 Å². The Morgan fingerprint density at radius 3 is 2.47 bits per heavy atom. The molecule has 2 aromatic rings. The van der Waals surface area contributed by atoms with E-state index in [0.717, 1.165) is 16.3 Å². The molecule has 1 N–H and O–H groups in total. The fraction of sp³-hybridized carbons (Fsp3) is 0.250. The van der Waals surface area contributed by atoms with Crippen LogP contribution in [-0.4, -0.2) is 14.2 Å². The highest BCUT2D eigenvalue weighted by Crippen LogP contribution is 2.27. The van der Waals surface area contributed by atoms with Crippen molar-refractivity contribution in [1.82, 2.24) is 5.32 Å². The van der Waals surface area contributed by atoms with E-state index in [0.29, 0.717) is 0 Å². The van der Waals surface area contributed by atoms with Crippen molar-refractivity contribution in [3.8, 4) is 5.75 Å². The highest BCUT2D eigenvalue weighted by Gasteiger charge is 2.13. The van der Waals surface area contributed by atoms with Crippen molar-refractivity contribution in [2.24, 2.45) is 0 Å². The molecule has 0 aliphatic heterocycles. The molecule has 100 valence electrons. The van der Waals surface area contributed by atoms with E-state index in [9.17, 15) is 0 Å². The van der Waals surface area contributed by atoms with Crippen LogP contribution in [0.1, 0.15) is 22.7 Å². The number of nitrogens with one attached hydrogen (secondary N) is 1. The normalized spacial score (nSPS) is 12.2. The lowest BCUT2D eigenvalue weighted by Crippen LogP contribution is -2.17.